The van der Waals surface area contributed by atoms with E-state index in [0.717, 1.165) is 11.1 Å². The molecule has 0 saturated carbocycles. The van der Waals surface area contributed by atoms with E-state index in [1.54, 1.807) is 35.9 Å². The summed E-state index contributed by atoms with van der Waals surface area (Å²) >= 11 is 0. The molecular formula is C34H40N6O4. The molecule has 5 amide bonds. The molecule has 44 heavy (non-hydrogen) atoms. The molecule has 0 aliphatic carbocycles. The van der Waals surface area contributed by atoms with Crippen LogP contribution < -0.4 is 21.3 Å². The lowest BCUT2D eigenvalue weighted by molar-refractivity contribution is -0.144. The molecule has 2 aliphatic rings. The normalized spacial score (nSPS) is 20.7. The molecule has 10 nitrogen and oxygen atoms in total. The van der Waals surface area contributed by atoms with Gasteiger partial charge in [-0.25, -0.2) is 4.79 Å². The van der Waals surface area contributed by atoms with Gasteiger partial charge < -0.3 is 31.1 Å². The van der Waals surface area contributed by atoms with Gasteiger partial charge in [-0.1, -0.05) is 78.9 Å². The van der Waals surface area contributed by atoms with Crippen LogP contribution in [-0.4, -0.2) is 77.9 Å². The number of nitrogens with one attached hydrogen (secondary N) is 4. The van der Waals surface area contributed by atoms with Crippen molar-refractivity contribution in [2.75, 3.05) is 25.5 Å². The van der Waals surface area contributed by atoms with Crippen molar-refractivity contribution < 1.29 is 19.2 Å². The summed E-state index contributed by atoms with van der Waals surface area (Å²) in [5.74, 6) is -0.969. The van der Waals surface area contributed by atoms with Gasteiger partial charge >= 0.3 is 6.03 Å². The average Bonchev–Trinajstić information content (AvgIpc) is 3.48. The lowest BCUT2D eigenvalue weighted by Crippen LogP contribution is -2.62. The van der Waals surface area contributed by atoms with Crippen LogP contribution in [0.5, 0.6) is 0 Å². The molecule has 0 bridgehead atoms. The SMILES string of the molecule is CN[C@@H](C)C(=O)N[C@H]1CN(C(=O)Nc2ccccc2)CC[C@H]2CCC(C(=O)NC(c3ccccc3)c3ccccc3)N2C1=O. The van der Waals surface area contributed by atoms with Crippen LogP contribution >= 0.6 is 0 Å². The van der Waals surface area contributed by atoms with Crippen molar-refractivity contribution in [3.8, 4) is 0 Å². The second-order valence-corrected chi connectivity index (χ2v) is 11.4. The van der Waals surface area contributed by atoms with Gasteiger partial charge in [-0.2, -0.15) is 0 Å². The Morgan fingerprint density at radius 1 is 0.818 bits per heavy atom. The molecule has 2 heterocycles. The molecule has 2 saturated heterocycles. The molecule has 1 unspecified atom stereocenters. The smallest absolute Gasteiger partial charge is 0.321 e. The van der Waals surface area contributed by atoms with Crippen molar-refractivity contribution in [2.24, 2.45) is 0 Å². The number of carbonyl (C=O) groups excluding carboxylic acids is 4. The second kappa shape index (κ2) is 14.2. The van der Waals surface area contributed by atoms with E-state index < -0.39 is 24.2 Å². The van der Waals surface area contributed by atoms with E-state index in [9.17, 15) is 19.2 Å². The molecule has 0 radical (unpaired) electrons. The van der Waals surface area contributed by atoms with Gasteiger partial charge in [0.05, 0.1) is 18.6 Å². The topological polar surface area (TPSA) is 123 Å². The lowest BCUT2D eigenvalue weighted by Gasteiger charge is -2.39. The maximum atomic E-state index is 14.2. The van der Waals surface area contributed by atoms with Crippen molar-refractivity contribution >= 4 is 29.4 Å². The van der Waals surface area contributed by atoms with Gasteiger partial charge in [0, 0.05) is 18.3 Å². The van der Waals surface area contributed by atoms with Gasteiger partial charge in [-0.3, -0.25) is 14.4 Å². The molecule has 4 N–H and O–H groups in total. The Kier molecular flexibility index (Phi) is 9.91. The molecule has 230 valence electrons. The maximum absolute atomic E-state index is 14.2. The molecule has 5 rings (SSSR count). The standard InChI is InChI=1S/C34H40N6O4/c1-23(35-2)31(41)37-28-22-39(34(44)36-26-16-10-5-11-17-26)21-20-27-18-19-29(40(27)33(28)43)32(42)38-30(24-12-6-3-7-13-24)25-14-8-4-9-15-25/h3-17,23,27-30,35H,18-22H2,1-2H3,(H,36,44)(H,37,41)(H,38,42)/t23-,27+,28-,29?/m0/s1. The number of nitrogens with zero attached hydrogens (tertiary/aromatic N) is 2. The van der Waals surface area contributed by atoms with Gasteiger partial charge in [0.25, 0.3) is 0 Å². The van der Waals surface area contributed by atoms with E-state index in [4.69, 9.17) is 0 Å². The van der Waals surface area contributed by atoms with Crippen LogP contribution in [0.3, 0.4) is 0 Å². The second-order valence-electron chi connectivity index (χ2n) is 11.4. The largest absolute Gasteiger partial charge is 0.343 e. The predicted molar refractivity (Wildman–Crippen MR) is 169 cm³/mol. The maximum Gasteiger partial charge on any atom is 0.321 e. The Morgan fingerprint density at radius 3 is 2.00 bits per heavy atom. The van der Waals surface area contributed by atoms with E-state index in [2.05, 4.69) is 21.3 Å². The number of anilines is 1. The zero-order valence-electron chi connectivity index (χ0n) is 25.1. The predicted octanol–water partition coefficient (Wildman–Crippen LogP) is 3.28. The number of hydrogen-bond acceptors (Lipinski definition) is 5. The molecule has 0 aromatic heterocycles. The first-order valence-electron chi connectivity index (χ1n) is 15.2. The quantitative estimate of drug-likeness (QED) is 0.318. The summed E-state index contributed by atoms with van der Waals surface area (Å²) in [6.07, 6.45) is 1.63. The number of benzene rings is 3. The lowest BCUT2D eigenvalue weighted by atomic mass is 9.98. The van der Waals surface area contributed by atoms with E-state index in [0.29, 0.717) is 31.5 Å². The third-order valence-corrected chi connectivity index (χ3v) is 8.50. The highest BCUT2D eigenvalue weighted by Crippen LogP contribution is 2.31. The molecular weight excluding hydrogens is 556 g/mol. The summed E-state index contributed by atoms with van der Waals surface area (Å²) in [5, 5.41) is 11.9. The van der Waals surface area contributed by atoms with Crippen molar-refractivity contribution in [3.63, 3.8) is 0 Å². The van der Waals surface area contributed by atoms with E-state index >= 15 is 0 Å². The average molecular weight is 597 g/mol. The van der Waals surface area contributed by atoms with Crippen LogP contribution in [0.15, 0.2) is 91.0 Å². The Morgan fingerprint density at radius 2 is 1.41 bits per heavy atom. The summed E-state index contributed by atoms with van der Waals surface area (Å²) < 4.78 is 0. The van der Waals surface area contributed by atoms with Crippen molar-refractivity contribution in [1.82, 2.24) is 25.8 Å². The minimum absolute atomic E-state index is 0.0200. The van der Waals surface area contributed by atoms with Crippen LogP contribution in [0.1, 0.15) is 43.4 Å². The highest BCUT2D eigenvalue weighted by Gasteiger charge is 2.46. The first kappa shape index (κ1) is 30.7. The molecule has 4 atom stereocenters. The third-order valence-electron chi connectivity index (χ3n) is 8.50. The van der Waals surface area contributed by atoms with Crippen LogP contribution in [-0.2, 0) is 14.4 Å². The number of urea groups is 1. The molecule has 3 aromatic rings. The molecule has 2 fully saturated rings. The zero-order valence-corrected chi connectivity index (χ0v) is 25.1. The summed E-state index contributed by atoms with van der Waals surface area (Å²) in [7, 11) is 1.66. The summed E-state index contributed by atoms with van der Waals surface area (Å²) in [6.45, 7) is 2.05. The fraction of sp³-hybridized carbons (Fsp3) is 0.353. The minimum atomic E-state index is -1.02. The fourth-order valence-electron chi connectivity index (χ4n) is 5.96. The van der Waals surface area contributed by atoms with Crippen LogP contribution in [0.25, 0.3) is 0 Å². The Bertz CT molecular complexity index is 1400. The van der Waals surface area contributed by atoms with Crippen molar-refractivity contribution in [2.45, 2.75) is 56.4 Å². The number of fused-ring (bicyclic) bond motifs is 1. The number of amides is 5. The van der Waals surface area contributed by atoms with Crippen LogP contribution in [0.4, 0.5) is 10.5 Å². The highest BCUT2D eigenvalue weighted by molar-refractivity contribution is 5.95. The van der Waals surface area contributed by atoms with Gasteiger partial charge in [-0.15, -0.1) is 0 Å². The van der Waals surface area contributed by atoms with Crippen LogP contribution in [0.2, 0.25) is 0 Å². The summed E-state index contributed by atoms with van der Waals surface area (Å²) in [4.78, 5) is 57.8. The van der Waals surface area contributed by atoms with Gasteiger partial charge in [-0.05, 0) is 56.5 Å². The summed E-state index contributed by atoms with van der Waals surface area (Å²) in [5.41, 5.74) is 2.51. The number of para-hydroxylation sites is 1. The van der Waals surface area contributed by atoms with Crippen molar-refractivity contribution in [1.29, 1.82) is 0 Å². The molecule has 2 aliphatic heterocycles. The van der Waals surface area contributed by atoms with Crippen LogP contribution in [0, 0.1) is 0 Å². The van der Waals surface area contributed by atoms with Gasteiger partial charge in [0.15, 0.2) is 0 Å². The molecule has 10 heteroatoms. The third kappa shape index (κ3) is 7.08. The van der Waals surface area contributed by atoms with E-state index in [-0.39, 0.29) is 36.3 Å². The first-order valence-corrected chi connectivity index (χ1v) is 15.2. The summed E-state index contributed by atoms with van der Waals surface area (Å²) in [6, 6.07) is 25.3. The van der Waals surface area contributed by atoms with Crippen molar-refractivity contribution in [3.05, 3.63) is 102 Å². The molecule has 3 aromatic carbocycles. The minimum Gasteiger partial charge on any atom is -0.343 e. The monoisotopic (exact) mass is 596 g/mol. The number of rotatable bonds is 8. The highest BCUT2D eigenvalue weighted by atomic mass is 16.2. The number of carbonyl (C=O) groups is 4. The van der Waals surface area contributed by atoms with E-state index in [1.165, 1.54) is 0 Å². The Labute approximate surface area is 258 Å². The fourth-order valence-corrected chi connectivity index (χ4v) is 5.96. The first-order chi connectivity index (χ1) is 21.4. The van der Waals surface area contributed by atoms with Gasteiger partial charge in [0.2, 0.25) is 17.7 Å². The van der Waals surface area contributed by atoms with E-state index in [1.807, 2.05) is 78.9 Å². The number of hydrogen-bond donors (Lipinski definition) is 4. The van der Waals surface area contributed by atoms with Gasteiger partial charge in [0.1, 0.15) is 12.1 Å². The molecule has 0 spiro atoms. The number of likely N-dealkylation sites (N-methyl/N-ethyl adjacent to an activating group) is 1. The Balaban J connectivity index is 1.39. The Hall–Kier alpha value is -4.70. The zero-order chi connectivity index (χ0) is 31.1.